The van der Waals surface area contributed by atoms with E-state index in [9.17, 15) is 4.79 Å². The second kappa shape index (κ2) is 6.67. The largest absolute Gasteiger partial charge is 0.465 e. The first-order chi connectivity index (χ1) is 7.24. The Morgan fingerprint density at radius 2 is 2.40 bits per heavy atom. The van der Waals surface area contributed by atoms with E-state index in [2.05, 4.69) is 6.92 Å². The van der Waals surface area contributed by atoms with Crippen LogP contribution in [0.5, 0.6) is 0 Å². The number of ether oxygens (including phenoxy) is 1. The molecule has 1 fully saturated rings. The molecule has 88 valence electrons. The second-order valence-corrected chi connectivity index (χ2v) is 4.17. The lowest BCUT2D eigenvalue weighted by molar-refractivity contribution is 0.0581. The molecule has 1 amide bonds. The predicted molar refractivity (Wildman–Crippen MR) is 58.0 cm³/mol. The molecule has 1 saturated heterocycles. The number of carbonyl (C=O) groups is 1. The van der Waals surface area contributed by atoms with Crippen LogP contribution >= 0.6 is 0 Å². The molecule has 15 heavy (non-hydrogen) atoms. The lowest BCUT2D eigenvalue weighted by Crippen LogP contribution is -2.40. The van der Waals surface area contributed by atoms with Gasteiger partial charge in [-0.15, -0.1) is 0 Å². The van der Waals surface area contributed by atoms with Gasteiger partial charge in [0.05, 0.1) is 6.61 Å². The van der Waals surface area contributed by atoms with Gasteiger partial charge < -0.3 is 14.7 Å². The van der Waals surface area contributed by atoms with Crippen LogP contribution in [0.3, 0.4) is 0 Å². The molecule has 1 N–H and O–H groups in total. The average molecular weight is 215 g/mol. The van der Waals surface area contributed by atoms with Crippen molar-refractivity contribution >= 4 is 6.09 Å². The van der Waals surface area contributed by atoms with Crippen LogP contribution in [0, 0.1) is 5.92 Å². The van der Waals surface area contributed by atoms with Gasteiger partial charge in [0, 0.05) is 25.6 Å². The standard InChI is InChI=1S/C11H21NO3/c1-2-3-7-15-9-10-5-4-6-12(8-10)11(13)14/h10H,2-9H2,1H3,(H,13,14)/t10-/m0/s1. The monoisotopic (exact) mass is 215 g/mol. The van der Waals surface area contributed by atoms with E-state index in [1.54, 1.807) is 0 Å². The smallest absolute Gasteiger partial charge is 0.407 e. The van der Waals surface area contributed by atoms with Crippen molar-refractivity contribution in [2.24, 2.45) is 5.92 Å². The Morgan fingerprint density at radius 3 is 3.07 bits per heavy atom. The van der Waals surface area contributed by atoms with E-state index in [-0.39, 0.29) is 0 Å². The van der Waals surface area contributed by atoms with Crippen LogP contribution in [0.15, 0.2) is 0 Å². The summed E-state index contributed by atoms with van der Waals surface area (Å²) in [4.78, 5) is 12.3. The van der Waals surface area contributed by atoms with Crippen molar-refractivity contribution in [2.75, 3.05) is 26.3 Å². The first-order valence-electron chi connectivity index (χ1n) is 5.79. The molecule has 0 aliphatic carbocycles. The van der Waals surface area contributed by atoms with Crippen molar-refractivity contribution in [3.8, 4) is 0 Å². The molecule has 1 aliphatic heterocycles. The molecule has 1 heterocycles. The summed E-state index contributed by atoms with van der Waals surface area (Å²) >= 11 is 0. The van der Waals surface area contributed by atoms with E-state index in [0.717, 1.165) is 32.3 Å². The van der Waals surface area contributed by atoms with Crippen LogP contribution in [-0.2, 0) is 4.74 Å². The van der Waals surface area contributed by atoms with E-state index >= 15 is 0 Å². The minimum absolute atomic E-state index is 0.395. The third-order valence-electron chi connectivity index (χ3n) is 2.79. The van der Waals surface area contributed by atoms with Crippen LogP contribution in [-0.4, -0.2) is 42.4 Å². The summed E-state index contributed by atoms with van der Waals surface area (Å²) in [6.07, 6.45) is 3.50. The van der Waals surface area contributed by atoms with Gasteiger partial charge in [-0.05, 0) is 19.3 Å². The van der Waals surface area contributed by atoms with Gasteiger partial charge in [-0.3, -0.25) is 0 Å². The van der Waals surface area contributed by atoms with Crippen LogP contribution in [0.2, 0.25) is 0 Å². The highest BCUT2D eigenvalue weighted by Gasteiger charge is 2.22. The fraction of sp³-hybridized carbons (Fsp3) is 0.909. The van der Waals surface area contributed by atoms with Crippen LogP contribution in [0.25, 0.3) is 0 Å². The lowest BCUT2D eigenvalue weighted by Gasteiger charge is -2.30. The number of rotatable bonds is 5. The Labute approximate surface area is 91.2 Å². The normalized spacial score (nSPS) is 21.7. The third kappa shape index (κ3) is 4.51. The third-order valence-corrected chi connectivity index (χ3v) is 2.79. The zero-order valence-electron chi connectivity index (χ0n) is 9.45. The van der Waals surface area contributed by atoms with Gasteiger partial charge in [0.25, 0.3) is 0 Å². The fourth-order valence-corrected chi connectivity index (χ4v) is 1.87. The topological polar surface area (TPSA) is 49.8 Å². The van der Waals surface area contributed by atoms with Crippen molar-refractivity contribution in [1.29, 1.82) is 0 Å². The molecule has 0 unspecified atom stereocenters. The Kier molecular flexibility index (Phi) is 5.47. The number of hydrogen-bond acceptors (Lipinski definition) is 2. The number of amides is 1. The Hall–Kier alpha value is -0.770. The van der Waals surface area contributed by atoms with Crippen molar-refractivity contribution in [2.45, 2.75) is 32.6 Å². The van der Waals surface area contributed by atoms with E-state index in [0.29, 0.717) is 25.6 Å². The molecule has 4 nitrogen and oxygen atoms in total. The number of likely N-dealkylation sites (tertiary alicyclic amines) is 1. The number of unbranched alkanes of at least 4 members (excludes halogenated alkanes) is 1. The maximum atomic E-state index is 10.8. The highest BCUT2D eigenvalue weighted by molar-refractivity contribution is 5.65. The number of carboxylic acid groups (broad SMARTS) is 1. The zero-order valence-corrected chi connectivity index (χ0v) is 9.45. The molecule has 0 saturated carbocycles. The lowest BCUT2D eigenvalue weighted by atomic mass is 9.99. The van der Waals surface area contributed by atoms with Crippen LogP contribution in [0.1, 0.15) is 32.6 Å². The maximum Gasteiger partial charge on any atom is 0.407 e. The Morgan fingerprint density at radius 1 is 1.60 bits per heavy atom. The Balaban J connectivity index is 2.15. The molecule has 0 bridgehead atoms. The van der Waals surface area contributed by atoms with Crippen molar-refractivity contribution < 1.29 is 14.6 Å². The van der Waals surface area contributed by atoms with Crippen molar-refractivity contribution in [3.63, 3.8) is 0 Å². The fourth-order valence-electron chi connectivity index (χ4n) is 1.87. The first-order valence-corrected chi connectivity index (χ1v) is 5.79. The summed E-state index contributed by atoms with van der Waals surface area (Å²) in [5.41, 5.74) is 0. The summed E-state index contributed by atoms with van der Waals surface area (Å²) < 4.78 is 5.52. The molecule has 4 heteroatoms. The molecule has 1 atom stereocenters. The minimum Gasteiger partial charge on any atom is -0.465 e. The van der Waals surface area contributed by atoms with Crippen LogP contribution in [0.4, 0.5) is 4.79 Å². The molecule has 0 aromatic heterocycles. The van der Waals surface area contributed by atoms with Gasteiger partial charge in [0.15, 0.2) is 0 Å². The first kappa shape index (κ1) is 12.3. The summed E-state index contributed by atoms with van der Waals surface area (Å²) in [7, 11) is 0. The summed E-state index contributed by atoms with van der Waals surface area (Å²) in [5.74, 6) is 0.395. The van der Waals surface area contributed by atoms with Crippen LogP contribution < -0.4 is 0 Å². The van der Waals surface area contributed by atoms with Crippen molar-refractivity contribution in [3.05, 3.63) is 0 Å². The molecule has 0 radical (unpaired) electrons. The van der Waals surface area contributed by atoms with Gasteiger partial charge in [0.2, 0.25) is 0 Å². The second-order valence-electron chi connectivity index (χ2n) is 4.17. The summed E-state index contributed by atoms with van der Waals surface area (Å²) in [6.45, 7) is 4.97. The summed E-state index contributed by atoms with van der Waals surface area (Å²) in [5, 5.41) is 8.85. The molecule has 0 aromatic rings. The number of piperidine rings is 1. The van der Waals surface area contributed by atoms with E-state index < -0.39 is 6.09 Å². The number of nitrogens with zero attached hydrogens (tertiary/aromatic N) is 1. The molecule has 1 aliphatic rings. The highest BCUT2D eigenvalue weighted by atomic mass is 16.5. The molecule has 0 spiro atoms. The molecular weight excluding hydrogens is 194 g/mol. The SMILES string of the molecule is CCCCOC[C@H]1CCCN(C(=O)O)C1. The molecule has 1 rings (SSSR count). The maximum absolute atomic E-state index is 10.8. The number of hydrogen-bond donors (Lipinski definition) is 1. The zero-order chi connectivity index (χ0) is 11.1. The predicted octanol–water partition coefficient (Wildman–Crippen LogP) is 2.19. The summed E-state index contributed by atoms with van der Waals surface area (Å²) in [6, 6.07) is 0. The Bertz CT molecular complexity index is 196. The van der Waals surface area contributed by atoms with Gasteiger partial charge in [0.1, 0.15) is 0 Å². The van der Waals surface area contributed by atoms with Gasteiger partial charge in [-0.25, -0.2) is 4.79 Å². The van der Waals surface area contributed by atoms with E-state index in [4.69, 9.17) is 9.84 Å². The van der Waals surface area contributed by atoms with Crippen molar-refractivity contribution in [1.82, 2.24) is 4.90 Å². The van der Waals surface area contributed by atoms with Gasteiger partial charge in [-0.1, -0.05) is 13.3 Å². The van der Waals surface area contributed by atoms with E-state index in [1.807, 2.05) is 0 Å². The van der Waals surface area contributed by atoms with Gasteiger partial charge in [-0.2, -0.15) is 0 Å². The quantitative estimate of drug-likeness (QED) is 0.715. The molecule has 0 aromatic carbocycles. The van der Waals surface area contributed by atoms with E-state index in [1.165, 1.54) is 4.90 Å². The minimum atomic E-state index is -0.798. The average Bonchev–Trinajstić information content (AvgIpc) is 2.25. The molecular formula is C11H21NO3. The van der Waals surface area contributed by atoms with Gasteiger partial charge >= 0.3 is 6.09 Å². The highest BCUT2D eigenvalue weighted by Crippen LogP contribution is 2.16.